The van der Waals surface area contributed by atoms with Crippen LogP contribution < -0.4 is 4.90 Å². The van der Waals surface area contributed by atoms with Gasteiger partial charge in [0.2, 0.25) is 0 Å². The maximum atomic E-state index is 3.89. The minimum absolute atomic E-state index is 0.0182. The second-order valence-electron chi connectivity index (χ2n) is 7.78. The number of fused-ring (bicyclic) bond motifs is 3. The summed E-state index contributed by atoms with van der Waals surface area (Å²) in [6, 6.07) is 15.3. The summed E-state index contributed by atoms with van der Waals surface area (Å²) in [5, 5.41) is 0. The van der Waals surface area contributed by atoms with E-state index in [9.17, 15) is 0 Å². The van der Waals surface area contributed by atoms with Crippen molar-refractivity contribution in [2.24, 2.45) is 5.41 Å². The van der Waals surface area contributed by atoms with Gasteiger partial charge < -0.3 is 4.90 Å². The molecule has 1 nitrogen and oxygen atoms in total. The highest BCUT2D eigenvalue weighted by Crippen LogP contribution is 2.55. The topological polar surface area (TPSA) is 3.24 Å². The summed E-state index contributed by atoms with van der Waals surface area (Å²) in [6.45, 7) is 2.37. The lowest BCUT2D eigenvalue weighted by Gasteiger charge is -2.34. The molecule has 5 rings (SSSR count). The zero-order valence-corrected chi connectivity index (χ0v) is 20.1. The van der Waals surface area contributed by atoms with E-state index in [-0.39, 0.29) is 5.41 Å². The Morgan fingerprint density at radius 3 is 2.62 bits per heavy atom. The minimum Gasteiger partial charge on any atom is -0.332 e. The average Bonchev–Trinajstić information content (AvgIpc) is 3.00. The highest BCUT2D eigenvalue weighted by molar-refractivity contribution is 9.11. The van der Waals surface area contributed by atoms with Crippen LogP contribution in [0.5, 0.6) is 0 Å². The van der Waals surface area contributed by atoms with Crippen LogP contribution in [0.4, 0.5) is 5.69 Å². The summed E-state index contributed by atoms with van der Waals surface area (Å²) in [7, 11) is 0. The van der Waals surface area contributed by atoms with Crippen molar-refractivity contribution in [2.75, 3.05) is 4.90 Å². The number of anilines is 1. The van der Waals surface area contributed by atoms with E-state index in [1.54, 1.807) is 11.8 Å². The van der Waals surface area contributed by atoms with Crippen molar-refractivity contribution >= 4 is 49.3 Å². The minimum atomic E-state index is 0.0182. The van der Waals surface area contributed by atoms with Crippen LogP contribution >= 0.6 is 43.6 Å². The number of hydrogen-bond donors (Lipinski definition) is 0. The fraction of sp³-hybridized carbons (Fsp3) is 0.200. The first-order valence-corrected chi connectivity index (χ1v) is 12.3. The third-order valence-electron chi connectivity index (χ3n) is 5.94. The normalized spacial score (nSPS) is 24.8. The molecule has 2 aliphatic carbocycles. The number of hydrogen-bond acceptors (Lipinski definition) is 2. The van der Waals surface area contributed by atoms with E-state index in [0.29, 0.717) is 6.04 Å². The molecule has 146 valence electrons. The molecule has 1 aliphatic heterocycles. The molecule has 4 heteroatoms. The van der Waals surface area contributed by atoms with Crippen LogP contribution in [0.25, 0.3) is 0 Å². The molecule has 0 N–H and O–H groups in total. The van der Waals surface area contributed by atoms with Gasteiger partial charge in [0, 0.05) is 29.8 Å². The predicted octanol–water partition coefficient (Wildman–Crippen LogP) is 8.29. The van der Waals surface area contributed by atoms with Gasteiger partial charge in [0.1, 0.15) is 0 Å². The van der Waals surface area contributed by atoms with Gasteiger partial charge >= 0.3 is 0 Å². The van der Waals surface area contributed by atoms with Crippen molar-refractivity contribution in [3.63, 3.8) is 0 Å². The van der Waals surface area contributed by atoms with Crippen molar-refractivity contribution in [3.05, 3.63) is 99.1 Å². The van der Waals surface area contributed by atoms with E-state index < -0.39 is 0 Å². The number of rotatable bonds is 3. The molecule has 1 fully saturated rings. The molecule has 1 heterocycles. The van der Waals surface area contributed by atoms with Crippen LogP contribution in [0.1, 0.15) is 19.8 Å². The van der Waals surface area contributed by atoms with Crippen molar-refractivity contribution in [2.45, 2.75) is 35.6 Å². The molecule has 2 unspecified atom stereocenters. The van der Waals surface area contributed by atoms with Gasteiger partial charge in [-0.1, -0.05) is 66.4 Å². The SMILES string of the molecule is CC12C=CC=CC1N(c1cc(Br)c(Sc3ccccc3)cc1Br)C1=CCCC=C12. The van der Waals surface area contributed by atoms with Gasteiger partial charge in [0.25, 0.3) is 0 Å². The maximum Gasteiger partial charge on any atom is 0.0655 e. The largest absolute Gasteiger partial charge is 0.332 e. The monoisotopic (exact) mass is 525 g/mol. The van der Waals surface area contributed by atoms with Crippen molar-refractivity contribution in [3.8, 4) is 0 Å². The van der Waals surface area contributed by atoms with Gasteiger partial charge in [-0.15, -0.1) is 0 Å². The lowest BCUT2D eigenvalue weighted by atomic mass is 9.74. The molecule has 1 saturated heterocycles. The van der Waals surface area contributed by atoms with Crippen LogP contribution in [-0.4, -0.2) is 6.04 Å². The second kappa shape index (κ2) is 7.64. The van der Waals surface area contributed by atoms with Gasteiger partial charge in [0.15, 0.2) is 0 Å². The fourth-order valence-electron chi connectivity index (χ4n) is 4.54. The smallest absolute Gasteiger partial charge is 0.0655 e. The molecule has 0 amide bonds. The van der Waals surface area contributed by atoms with Gasteiger partial charge in [-0.3, -0.25) is 0 Å². The summed E-state index contributed by atoms with van der Waals surface area (Å²) in [5.74, 6) is 0. The van der Waals surface area contributed by atoms with Gasteiger partial charge in [-0.2, -0.15) is 0 Å². The van der Waals surface area contributed by atoms with E-state index in [4.69, 9.17) is 0 Å². The van der Waals surface area contributed by atoms with Gasteiger partial charge in [0.05, 0.1) is 11.7 Å². The summed E-state index contributed by atoms with van der Waals surface area (Å²) in [4.78, 5) is 4.96. The Balaban J connectivity index is 1.58. The van der Waals surface area contributed by atoms with E-state index in [1.165, 1.54) is 26.7 Å². The van der Waals surface area contributed by atoms with Gasteiger partial charge in [-0.25, -0.2) is 0 Å². The third kappa shape index (κ3) is 3.30. The molecule has 2 atom stereocenters. The van der Waals surface area contributed by atoms with Gasteiger partial charge in [-0.05, 0) is 81.5 Å². The predicted molar refractivity (Wildman–Crippen MR) is 130 cm³/mol. The first-order chi connectivity index (χ1) is 14.1. The number of halogens is 2. The Morgan fingerprint density at radius 2 is 1.79 bits per heavy atom. The second-order valence-corrected chi connectivity index (χ2v) is 10.6. The summed E-state index contributed by atoms with van der Waals surface area (Å²) in [6.07, 6.45) is 16.2. The molecule has 2 aromatic rings. The molecular weight excluding hydrogens is 506 g/mol. The quantitative estimate of drug-likeness (QED) is 0.395. The zero-order valence-electron chi connectivity index (χ0n) is 16.1. The molecular formula is C25H21Br2NS. The molecule has 0 aromatic heterocycles. The number of allylic oxidation sites excluding steroid dienone is 5. The molecule has 0 bridgehead atoms. The van der Waals surface area contributed by atoms with E-state index >= 15 is 0 Å². The Morgan fingerprint density at radius 1 is 1.00 bits per heavy atom. The van der Waals surface area contributed by atoms with E-state index in [1.807, 2.05) is 0 Å². The first-order valence-electron chi connectivity index (χ1n) is 9.86. The molecule has 29 heavy (non-hydrogen) atoms. The fourth-order valence-corrected chi connectivity index (χ4v) is 6.68. The molecule has 0 spiro atoms. The molecule has 2 aromatic carbocycles. The lowest BCUT2D eigenvalue weighted by Crippen LogP contribution is -2.36. The highest BCUT2D eigenvalue weighted by Gasteiger charge is 2.49. The van der Waals surface area contributed by atoms with Crippen LogP contribution in [0, 0.1) is 5.41 Å². The zero-order chi connectivity index (χ0) is 20.0. The van der Waals surface area contributed by atoms with Crippen LogP contribution in [0.2, 0.25) is 0 Å². The number of benzene rings is 2. The van der Waals surface area contributed by atoms with Crippen LogP contribution in [0.3, 0.4) is 0 Å². The van der Waals surface area contributed by atoms with Crippen LogP contribution in [0.15, 0.2) is 109 Å². The summed E-state index contributed by atoms with van der Waals surface area (Å²) >= 11 is 9.51. The third-order valence-corrected chi connectivity index (χ3v) is 8.56. The van der Waals surface area contributed by atoms with E-state index in [2.05, 4.69) is 123 Å². The van der Waals surface area contributed by atoms with E-state index in [0.717, 1.165) is 21.8 Å². The molecule has 0 radical (unpaired) electrons. The Labute approximate surface area is 193 Å². The first kappa shape index (κ1) is 19.5. The Hall–Kier alpha value is -1.49. The lowest BCUT2D eigenvalue weighted by molar-refractivity contribution is 0.494. The maximum absolute atomic E-state index is 3.89. The highest BCUT2D eigenvalue weighted by atomic mass is 79.9. The summed E-state index contributed by atoms with van der Waals surface area (Å²) in [5.41, 5.74) is 4.04. The average molecular weight is 527 g/mol. The molecule has 3 aliphatic rings. The van der Waals surface area contributed by atoms with Crippen molar-refractivity contribution in [1.82, 2.24) is 0 Å². The van der Waals surface area contributed by atoms with Crippen molar-refractivity contribution < 1.29 is 0 Å². The standard InChI is InChI=1S/C25H21Br2NS/c1-25-14-8-7-13-24(25)28(21-12-6-5-11-18(21)25)22-15-20(27)23(16-19(22)26)29-17-9-3-2-4-10-17/h2-4,7-16,24H,5-6H2,1H3. The number of nitrogens with zero attached hydrogens (tertiary/aromatic N) is 1. The summed E-state index contributed by atoms with van der Waals surface area (Å²) < 4.78 is 2.24. The Bertz CT molecular complexity index is 1080. The van der Waals surface area contributed by atoms with Crippen LogP contribution in [-0.2, 0) is 0 Å². The molecule has 0 saturated carbocycles. The Kier molecular flexibility index (Phi) is 5.13. The van der Waals surface area contributed by atoms with Crippen molar-refractivity contribution in [1.29, 1.82) is 0 Å².